The van der Waals surface area contributed by atoms with E-state index in [1.54, 1.807) is 48.5 Å². The number of halogens is 1. The molecule has 0 aliphatic heterocycles. The third-order valence-electron chi connectivity index (χ3n) is 3.92. The maximum atomic E-state index is 12.1. The largest absolute Gasteiger partial charge is 0.489 e. The normalized spacial score (nSPS) is 10.0. The van der Waals surface area contributed by atoms with Gasteiger partial charge in [0.05, 0.1) is 18.2 Å². The molecule has 2 N–H and O–H groups in total. The molecule has 0 heterocycles. The summed E-state index contributed by atoms with van der Waals surface area (Å²) in [6.07, 6.45) is 0. The molecular weight excluding hydrogens is 374 g/mol. The molecule has 5 nitrogen and oxygen atoms in total. The fourth-order valence-electron chi connectivity index (χ4n) is 2.43. The lowest BCUT2D eigenvalue weighted by molar-refractivity contribution is -0.114. The number of hydrogen-bond donors (Lipinski definition) is 2. The summed E-state index contributed by atoms with van der Waals surface area (Å²) in [7, 11) is 0. The monoisotopic (exact) mass is 391 g/mol. The van der Waals surface area contributed by atoms with Gasteiger partial charge < -0.3 is 15.4 Å². The van der Waals surface area contributed by atoms with E-state index in [1.807, 2.05) is 24.3 Å². The van der Waals surface area contributed by atoms with E-state index in [4.69, 9.17) is 21.6 Å². The van der Waals surface area contributed by atoms with Crippen molar-refractivity contribution in [3.05, 3.63) is 88.9 Å². The third kappa shape index (κ3) is 5.76. The number of rotatable bonds is 7. The van der Waals surface area contributed by atoms with Crippen molar-refractivity contribution < 1.29 is 9.53 Å². The second-order valence-corrected chi connectivity index (χ2v) is 6.47. The summed E-state index contributed by atoms with van der Waals surface area (Å²) in [6, 6.07) is 23.6. The van der Waals surface area contributed by atoms with Gasteiger partial charge in [-0.25, -0.2) is 0 Å². The Hall–Kier alpha value is -3.49. The van der Waals surface area contributed by atoms with Crippen LogP contribution in [-0.2, 0) is 11.4 Å². The number of ether oxygens (including phenoxy) is 1. The average Bonchev–Trinajstić information content (AvgIpc) is 2.73. The van der Waals surface area contributed by atoms with Crippen molar-refractivity contribution in [2.75, 3.05) is 17.2 Å². The first kappa shape index (κ1) is 19.3. The first-order valence-corrected chi connectivity index (χ1v) is 9.01. The van der Waals surface area contributed by atoms with Crippen LogP contribution in [0.1, 0.15) is 11.1 Å². The van der Waals surface area contributed by atoms with Crippen LogP contribution in [-0.4, -0.2) is 12.5 Å². The zero-order valence-corrected chi connectivity index (χ0v) is 15.7. The molecule has 0 atom stereocenters. The van der Waals surface area contributed by atoms with Gasteiger partial charge in [-0.05, 0) is 66.2 Å². The van der Waals surface area contributed by atoms with E-state index in [2.05, 4.69) is 16.7 Å². The Bertz CT molecular complexity index is 963. The number of anilines is 2. The maximum absolute atomic E-state index is 12.1. The van der Waals surface area contributed by atoms with Crippen molar-refractivity contribution in [3.63, 3.8) is 0 Å². The molecule has 0 aliphatic rings. The van der Waals surface area contributed by atoms with Crippen LogP contribution in [0.3, 0.4) is 0 Å². The molecule has 6 heteroatoms. The first-order valence-electron chi connectivity index (χ1n) is 8.63. The summed E-state index contributed by atoms with van der Waals surface area (Å²) in [4.78, 5) is 12.1. The molecule has 0 spiro atoms. The van der Waals surface area contributed by atoms with Crippen molar-refractivity contribution in [2.45, 2.75) is 6.61 Å². The van der Waals surface area contributed by atoms with Crippen LogP contribution in [0.25, 0.3) is 0 Å². The molecule has 0 aliphatic carbocycles. The van der Waals surface area contributed by atoms with Gasteiger partial charge >= 0.3 is 0 Å². The highest BCUT2D eigenvalue weighted by molar-refractivity contribution is 6.30. The smallest absolute Gasteiger partial charge is 0.243 e. The molecule has 0 saturated heterocycles. The number of benzene rings is 3. The molecule has 0 bridgehead atoms. The van der Waals surface area contributed by atoms with Gasteiger partial charge in [0.15, 0.2) is 0 Å². The van der Waals surface area contributed by atoms with Crippen LogP contribution in [0.4, 0.5) is 11.4 Å². The number of carbonyl (C=O) groups excluding carboxylic acids is 1. The van der Waals surface area contributed by atoms with Crippen molar-refractivity contribution in [1.82, 2.24) is 0 Å². The lowest BCUT2D eigenvalue weighted by Gasteiger charge is -2.10. The Kier molecular flexibility index (Phi) is 6.50. The number of hydrogen-bond acceptors (Lipinski definition) is 4. The van der Waals surface area contributed by atoms with Gasteiger partial charge in [-0.1, -0.05) is 23.7 Å². The molecule has 0 unspecified atom stereocenters. The zero-order chi connectivity index (χ0) is 19.8. The predicted octanol–water partition coefficient (Wildman–Crippen LogP) is 4.84. The van der Waals surface area contributed by atoms with Crippen molar-refractivity contribution in [1.29, 1.82) is 5.26 Å². The third-order valence-corrected chi connectivity index (χ3v) is 4.18. The Labute approximate surface area is 168 Å². The fraction of sp³-hybridized carbons (Fsp3) is 0.0909. The standard InChI is InChI=1S/C22H18ClN3O2/c23-18-5-1-17(2-6-18)15-28-21-11-9-20(10-12-21)26-22(27)14-25-19-7-3-16(13-24)4-8-19/h1-12,25H,14-15H2,(H,26,27). The van der Waals surface area contributed by atoms with Gasteiger partial charge in [-0.2, -0.15) is 5.26 Å². The molecule has 140 valence electrons. The molecule has 28 heavy (non-hydrogen) atoms. The van der Waals surface area contributed by atoms with E-state index in [-0.39, 0.29) is 12.5 Å². The Morgan fingerprint density at radius 1 is 0.929 bits per heavy atom. The van der Waals surface area contributed by atoms with E-state index >= 15 is 0 Å². The van der Waals surface area contributed by atoms with Crippen molar-refractivity contribution in [3.8, 4) is 11.8 Å². The molecule has 1 amide bonds. The van der Waals surface area contributed by atoms with Crippen LogP contribution in [0, 0.1) is 11.3 Å². The summed E-state index contributed by atoms with van der Waals surface area (Å²) < 4.78 is 5.73. The molecule has 3 rings (SSSR count). The van der Waals surface area contributed by atoms with Crippen LogP contribution < -0.4 is 15.4 Å². The molecule has 3 aromatic carbocycles. The summed E-state index contributed by atoms with van der Waals surface area (Å²) >= 11 is 5.87. The SMILES string of the molecule is N#Cc1ccc(NCC(=O)Nc2ccc(OCc3ccc(Cl)cc3)cc2)cc1. The number of amides is 1. The van der Waals surface area contributed by atoms with E-state index < -0.39 is 0 Å². The van der Waals surface area contributed by atoms with Crippen LogP contribution in [0.15, 0.2) is 72.8 Å². The van der Waals surface area contributed by atoms with Gasteiger partial charge in [0, 0.05) is 16.4 Å². The summed E-state index contributed by atoms with van der Waals surface area (Å²) in [5.74, 6) is 0.544. The lowest BCUT2D eigenvalue weighted by atomic mass is 10.2. The highest BCUT2D eigenvalue weighted by Crippen LogP contribution is 2.18. The topological polar surface area (TPSA) is 74.2 Å². The Balaban J connectivity index is 1.45. The predicted molar refractivity (Wildman–Crippen MR) is 111 cm³/mol. The fourth-order valence-corrected chi connectivity index (χ4v) is 2.56. The van der Waals surface area contributed by atoms with Gasteiger partial charge in [0.2, 0.25) is 5.91 Å². The number of nitrogens with one attached hydrogen (secondary N) is 2. The second-order valence-electron chi connectivity index (χ2n) is 6.03. The molecule has 0 saturated carbocycles. The van der Waals surface area contributed by atoms with E-state index in [0.717, 1.165) is 11.3 Å². The van der Waals surface area contributed by atoms with Gasteiger partial charge in [-0.3, -0.25) is 4.79 Å². The molecular formula is C22H18ClN3O2. The van der Waals surface area contributed by atoms with Crippen LogP contribution in [0.5, 0.6) is 5.75 Å². The van der Waals surface area contributed by atoms with E-state index in [0.29, 0.717) is 28.6 Å². The summed E-state index contributed by atoms with van der Waals surface area (Å²) in [6.45, 7) is 0.568. The summed E-state index contributed by atoms with van der Waals surface area (Å²) in [5.41, 5.74) is 3.06. The zero-order valence-electron chi connectivity index (χ0n) is 15.0. The molecule has 0 aromatic heterocycles. The number of nitrogens with zero attached hydrogens (tertiary/aromatic N) is 1. The van der Waals surface area contributed by atoms with E-state index in [1.165, 1.54) is 0 Å². The van der Waals surface area contributed by atoms with Gasteiger partial charge in [-0.15, -0.1) is 0 Å². The molecule has 0 radical (unpaired) electrons. The highest BCUT2D eigenvalue weighted by atomic mass is 35.5. The number of nitriles is 1. The van der Waals surface area contributed by atoms with Crippen molar-refractivity contribution in [2.24, 2.45) is 0 Å². The maximum Gasteiger partial charge on any atom is 0.243 e. The Morgan fingerprint density at radius 3 is 2.21 bits per heavy atom. The van der Waals surface area contributed by atoms with Gasteiger partial charge in [0.1, 0.15) is 12.4 Å². The minimum atomic E-state index is -0.167. The van der Waals surface area contributed by atoms with Gasteiger partial charge in [0.25, 0.3) is 0 Å². The van der Waals surface area contributed by atoms with Crippen LogP contribution >= 0.6 is 11.6 Å². The Morgan fingerprint density at radius 2 is 1.57 bits per heavy atom. The minimum Gasteiger partial charge on any atom is -0.489 e. The van der Waals surface area contributed by atoms with Crippen molar-refractivity contribution >= 4 is 28.9 Å². The quantitative estimate of drug-likeness (QED) is 0.604. The van der Waals surface area contributed by atoms with Crippen LogP contribution in [0.2, 0.25) is 5.02 Å². The molecule has 0 fully saturated rings. The number of carbonyl (C=O) groups is 1. The lowest BCUT2D eigenvalue weighted by Crippen LogP contribution is -2.21. The van der Waals surface area contributed by atoms with E-state index in [9.17, 15) is 4.79 Å². The highest BCUT2D eigenvalue weighted by Gasteiger charge is 2.03. The second kappa shape index (κ2) is 9.45. The minimum absolute atomic E-state index is 0.126. The first-order chi connectivity index (χ1) is 13.6. The molecule has 3 aromatic rings. The summed E-state index contributed by atoms with van der Waals surface area (Å²) in [5, 5.41) is 15.3. The average molecular weight is 392 g/mol.